The van der Waals surface area contributed by atoms with E-state index in [1.165, 1.54) is 18.9 Å². The fourth-order valence-corrected chi connectivity index (χ4v) is 0.672. The zero-order valence-electron chi connectivity index (χ0n) is 12.4. The van der Waals surface area contributed by atoms with Crippen LogP contribution in [0, 0.1) is 20.8 Å². The summed E-state index contributed by atoms with van der Waals surface area (Å²) in [5, 5.41) is 21.0. The van der Waals surface area contributed by atoms with Crippen LogP contribution in [0.2, 0.25) is 0 Å². The third-order valence-electron chi connectivity index (χ3n) is 1.94. The number of aryl methyl sites for hydroxylation is 1. The van der Waals surface area contributed by atoms with Crippen LogP contribution in [0.4, 0.5) is 0 Å². The monoisotopic (exact) mass is 371 g/mol. The van der Waals surface area contributed by atoms with E-state index in [1.807, 2.05) is 0 Å². The van der Waals surface area contributed by atoms with Gasteiger partial charge in [-0.1, -0.05) is 65.0 Å². The number of aromatic nitrogens is 1. The Morgan fingerprint density at radius 3 is 1.79 bits per heavy atom. The summed E-state index contributed by atoms with van der Waals surface area (Å²) in [6.07, 6.45) is 4.56. The summed E-state index contributed by atoms with van der Waals surface area (Å²) in [6.45, 7) is 12.7. The minimum atomic E-state index is -0.480. The first kappa shape index (κ1) is 23.8. The summed E-state index contributed by atoms with van der Waals surface area (Å²) in [5.41, 5.74) is 0.896. The maximum Gasteiger partial charge on any atom is 2.00 e. The molecule has 3 nitrogen and oxygen atoms in total. The summed E-state index contributed by atoms with van der Waals surface area (Å²) < 4.78 is 0. The number of hydrogen-bond donors (Lipinski definition) is 0. The van der Waals surface area contributed by atoms with E-state index >= 15 is 0 Å². The van der Waals surface area contributed by atoms with Crippen molar-refractivity contribution in [3.63, 3.8) is 0 Å². The average molecular weight is 370 g/mol. The minimum absolute atomic E-state index is 0. The third-order valence-corrected chi connectivity index (χ3v) is 1.94. The Kier molecular flexibility index (Phi) is 22.2. The van der Waals surface area contributed by atoms with Crippen LogP contribution in [-0.2, 0) is 6.61 Å². The number of hydrogen-bond acceptors (Lipinski definition) is 3. The molecule has 0 aliphatic rings. The molecule has 0 amide bonds. The number of unbranched alkanes of at least 4 members (excludes halogenated alkanes) is 2. The summed E-state index contributed by atoms with van der Waals surface area (Å²) >= 11 is 0. The van der Waals surface area contributed by atoms with Gasteiger partial charge in [-0.3, -0.25) is 4.98 Å². The molecule has 0 saturated heterocycles. The summed E-state index contributed by atoms with van der Waals surface area (Å²) in [6, 6.07) is 3.19. The van der Waals surface area contributed by atoms with E-state index in [2.05, 4.69) is 32.7 Å². The summed E-state index contributed by atoms with van der Waals surface area (Å²) in [4.78, 5) is 3.59. The second-order valence-corrected chi connectivity index (χ2v) is 3.77. The second kappa shape index (κ2) is 17.7. The molecule has 4 heteroatoms. The molecule has 106 valence electrons. The van der Waals surface area contributed by atoms with Crippen molar-refractivity contribution in [1.82, 2.24) is 4.98 Å². The average Bonchev–Trinajstić information content (AvgIpc) is 2.39. The van der Waals surface area contributed by atoms with E-state index in [4.69, 9.17) is 0 Å². The molecule has 1 rings (SSSR count). The van der Waals surface area contributed by atoms with E-state index in [0.717, 1.165) is 12.8 Å². The van der Waals surface area contributed by atoms with Gasteiger partial charge in [0, 0.05) is 5.69 Å². The predicted molar refractivity (Wildman–Crippen MR) is 78.4 cm³/mol. The molecule has 0 aliphatic carbocycles. The van der Waals surface area contributed by atoms with E-state index in [9.17, 15) is 10.2 Å². The van der Waals surface area contributed by atoms with Gasteiger partial charge in [0.25, 0.3) is 0 Å². The van der Waals surface area contributed by atoms with Crippen molar-refractivity contribution in [2.24, 2.45) is 0 Å². The molecule has 0 aliphatic heterocycles. The molecule has 0 saturated carbocycles. The van der Waals surface area contributed by atoms with E-state index < -0.39 is 12.5 Å². The molecule has 1 aromatic heterocycles. The van der Waals surface area contributed by atoms with Crippen LogP contribution in [0.15, 0.2) is 12.1 Å². The Morgan fingerprint density at radius 1 is 1.11 bits per heavy atom. The Balaban J connectivity index is -0.000000242. The van der Waals surface area contributed by atoms with Crippen LogP contribution >= 0.6 is 0 Å². The van der Waals surface area contributed by atoms with Crippen molar-refractivity contribution >= 4 is 23.9 Å². The van der Waals surface area contributed by atoms with E-state index in [1.54, 1.807) is 13.0 Å². The fraction of sp³-hybridized carbons (Fsp3) is 0.533. The Labute approximate surface area is 135 Å². The van der Waals surface area contributed by atoms with Gasteiger partial charge in [-0.05, 0) is 18.9 Å². The van der Waals surface area contributed by atoms with Crippen LogP contribution < -0.4 is 10.2 Å². The number of pyridine rings is 1. The molecule has 0 aromatic carbocycles. The molecule has 0 unspecified atom stereocenters. The first-order valence-corrected chi connectivity index (χ1v) is 6.37. The van der Waals surface area contributed by atoms with Gasteiger partial charge >= 0.3 is 23.9 Å². The number of rotatable bonds is 3. The van der Waals surface area contributed by atoms with Crippen molar-refractivity contribution in [1.29, 1.82) is 0 Å². The fourth-order valence-electron chi connectivity index (χ4n) is 0.672. The van der Waals surface area contributed by atoms with Gasteiger partial charge in [0.1, 0.15) is 0 Å². The molecule has 0 fully saturated rings. The molecule has 19 heavy (non-hydrogen) atoms. The maximum absolute atomic E-state index is 10.8. The van der Waals surface area contributed by atoms with Gasteiger partial charge in [-0.2, -0.15) is 0 Å². The van der Waals surface area contributed by atoms with Crippen LogP contribution in [0.1, 0.15) is 50.8 Å². The predicted octanol–water partition coefficient (Wildman–Crippen LogP) is 2.18. The van der Waals surface area contributed by atoms with Crippen LogP contribution in [0.5, 0.6) is 5.88 Å². The van der Waals surface area contributed by atoms with Gasteiger partial charge in [-0.25, -0.2) is 0 Å². The quantitative estimate of drug-likeness (QED) is 0.767. The molecule has 0 atom stereocenters. The number of nitrogens with zero attached hydrogens (tertiary/aromatic N) is 1. The Morgan fingerprint density at radius 2 is 1.53 bits per heavy atom. The van der Waals surface area contributed by atoms with Gasteiger partial charge in [0.2, 0.25) is 0 Å². The van der Waals surface area contributed by atoms with E-state index in [0.29, 0.717) is 5.69 Å². The summed E-state index contributed by atoms with van der Waals surface area (Å²) in [5.74, 6) is -0.394. The van der Waals surface area contributed by atoms with Crippen molar-refractivity contribution in [3.8, 4) is 5.88 Å². The topological polar surface area (TPSA) is 59.0 Å². The van der Waals surface area contributed by atoms with Crippen LogP contribution in [-0.4, -0.2) is 28.9 Å². The smallest absolute Gasteiger partial charge is 0.858 e. The normalized spacial score (nSPS) is 8.32. The first-order chi connectivity index (χ1) is 8.56. The molecule has 0 spiro atoms. The van der Waals surface area contributed by atoms with Crippen LogP contribution in [0.25, 0.3) is 0 Å². The third kappa shape index (κ3) is 15.7. The first-order valence-electron chi connectivity index (χ1n) is 6.37. The Bertz CT molecular complexity index is 285. The molecular formula is C15H25NO2Sn. The second-order valence-electron chi connectivity index (χ2n) is 3.77. The minimum Gasteiger partial charge on any atom is -0.858 e. The molecule has 1 heterocycles. The van der Waals surface area contributed by atoms with Gasteiger partial charge in [0.05, 0.1) is 0 Å². The van der Waals surface area contributed by atoms with Gasteiger partial charge in [-0.15, -0.1) is 6.61 Å². The molecule has 4 radical (unpaired) electrons. The molecule has 0 N–H and O–H groups in total. The zero-order chi connectivity index (χ0) is 14.4. The molecule has 0 bridgehead atoms. The Hall–Kier alpha value is -0.291. The molecular weight excluding hydrogens is 345 g/mol. The van der Waals surface area contributed by atoms with Crippen molar-refractivity contribution < 1.29 is 10.2 Å². The summed E-state index contributed by atoms with van der Waals surface area (Å²) in [7, 11) is 0. The van der Waals surface area contributed by atoms with Crippen molar-refractivity contribution in [2.75, 3.05) is 0 Å². The SMILES string of the molecule is Cc1ccc(C[O-])c([O-])n1.[CH2]CCC.[CH2]CCC.[Sn+2]. The van der Waals surface area contributed by atoms with Gasteiger partial charge < -0.3 is 10.2 Å². The van der Waals surface area contributed by atoms with Crippen molar-refractivity contribution in [3.05, 3.63) is 37.2 Å². The van der Waals surface area contributed by atoms with Gasteiger partial charge in [0.15, 0.2) is 0 Å². The van der Waals surface area contributed by atoms with E-state index in [-0.39, 0.29) is 29.5 Å². The van der Waals surface area contributed by atoms with Crippen molar-refractivity contribution in [2.45, 2.75) is 53.1 Å². The maximum atomic E-state index is 10.8. The van der Waals surface area contributed by atoms with Crippen LogP contribution in [0.3, 0.4) is 0 Å². The standard InChI is InChI=1S/C7H8NO2.2C4H9.Sn/c1-5-2-3-6(4-9)7(10)8-5;2*1-3-4-2;/h2-3H,4H2,1H3,(H,8,10);2*1,3-4H2,2H3;/q-1;;;+2/p-1. The molecule has 1 aromatic rings. The zero-order valence-corrected chi connectivity index (χ0v) is 15.2. The largest absolute Gasteiger partial charge is 2.00 e.